The number of esters is 2. The van der Waals surface area contributed by atoms with Crippen molar-refractivity contribution < 1.29 is 19.1 Å². The Bertz CT molecular complexity index is 361. The number of hydrogen-bond acceptors (Lipinski definition) is 4. The number of carbonyl (C=O) groups is 2. The molecule has 1 aliphatic carbocycles. The Balaban J connectivity index is 2.28. The third-order valence-corrected chi connectivity index (χ3v) is 3.51. The molecule has 82 valence electrons. The van der Waals surface area contributed by atoms with Gasteiger partial charge in [-0.2, -0.15) is 0 Å². The first-order chi connectivity index (χ1) is 7.04. The molecule has 1 aliphatic heterocycles. The molecule has 1 saturated carbocycles. The van der Waals surface area contributed by atoms with Crippen molar-refractivity contribution in [2.24, 2.45) is 17.3 Å². The number of halogens is 2. The molecule has 0 radical (unpaired) electrons. The van der Waals surface area contributed by atoms with Crippen molar-refractivity contribution in [3.63, 3.8) is 0 Å². The zero-order valence-corrected chi connectivity index (χ0v) is 11.0. The van der Waals surface area contributed by atoms with E-state index in [4.69, 9.17) is 9.47 Å². The Labute approximate surface area is 103 Å². The van der Waals surface area contributed by atoms with Gasteiger partial charge in [0.25, 0.3) is 0 Å². The molecular formula is C9H8Br2O4. The Morgan fingerprint density at radius 3 is 2.87 bits per heavy atom. The summed E-state index contributed by atoms with van der Waals surface area (Å²) in [5, 5.41) is 0. The van der Waals surface area contributed by atoms with Gasteiger partial charge in [-0.1, -0.05) is 6.08 Å². The molecule has 3 atom stereocenters. The van der Waals surface area contributed by atoms with E-state index in [2.05, 4.69) is 31.9 Å². The van der Waals surface area contributed by atoms with E-state index >= 15 is 0 Å². The van der Waals surface area contributed by atoms with Crippen LogP contribution < -0.4 is 0 Å². The Kier molecular flexibility index (Phi) is 2.66. The van der Waals surface area contributed by atoms with Crippen LogP contribution in [0.25, 0.3) is 0 Å². The highest BCUT2D eigenvalue weighted by molar-refractivity contribution is 9.28. The van der Waals surface area contributed by atoms with Crippen LogP contribution in [0, 0.1) is 17.3 Å². The van der Waals surface area contributed by atoms with Crippen molar-refractivity contribution >= 4 is 43.8 Å². The topological polar surface area (TPSA) is 52.6 Å². The molecule has 2 aliphatic rings. The molecule has 6 heteroatoms. The van der Waals surface area contributed by atoms with Crippen LogP contribution in [0.3, 0.4) is 0 Å². The zero-order chi connectivity index (χ0) is 11.2. The largest absolute Gasteiger partial charge is 0.468 e. The lowest BCUT2D eigenvalue weighted by molar-refractivity contribution is -0.149. The smallest absolute Gasteiger partial charge is 0.316 e. The number of methoxy groups -OCH3 is 1. The van der Waals surface area contributed by atoms with Gasteiger partial charge < -0.3 is 9.47 Å². The highest BCUT2D eigenvalue weighted by Crippen LogP contribution is 2.65. The van der Waals surface area contributed by atoms with Gasteiger partial charge in [0, 0.05) is 5.92 Å². The maximum absolute atomic E-state index is 11.6. The molecule has 2 rings (SSSR count). The highest BCUT2D eigenvalue weighted by atomic mass is 79.9. The predicted molar refractivity (Wildman–Crippen MR) is 58.3 cm³/mol. The fourth-order valence-electron chi connectivity index (χ4n) is 2.19. The van der Waals surface area contributed by atoms with Crippen LogP contribution >= 0.6 is 31.9 Å². The molecule has 3 unspecified atom stereocenters. The summed E-state index contributed by atoms with van der Waals surface area (Å²) in [6.07, 6.45) is 1.79. The average molecular weight is 340 g/mol. The number of ether oxygens (including phenoxy) is 2. The van der Waals surface area contributed by atoms with Crippen LogP contribution in [0.5, 0.6) is 0 Å². The number of carbonyl (C=O) groups excluding carboxylic acids is 2. The fourth-order valence-corrected chi connectivity index (χ4v) is 2.75. The van der Waals surface area contributed by atoms with Crippen LogP contribution in [-0.2, 0) is 19.1 Å². The van der Waals surface area contributed by atoms with Crippen LogP contribution in [0.15, 0.2) is 9.47 Å². The second kappa shape index (κ2) is 3.59. The van der Waals surface area contributed by atoms with Crippen molar-refractivity contribution in [2.75, 3.05) is 13.7 Å². The Hall–Kier alpha value is -0.360. The molecule has 1 heterocycles. The monoisotopic (exact) mass is 338 g/mol. The second-order valence-electron chi connectivity index (χ2n) is 3.60. The van der Waals surface area contributed by atoms with E-state index in [-0.39, 0.29) is 30.4 Å². The van der Waals surface area contributed by atoms with Gasteiger partial charge in [0.2, 0.25) is 0 Å². The molecule has 0 N–H and O–H groups in total. The molecule has 15 heavy (non-hydrogen) atoms. The SMILES string of the molecule is COC(=O)C12COC(=O)C1C2C=C(Br)Br. The zero-order valence-electron chi connectivity index (χ0n) is 7.83. The first kappa shape index (κ1) is 11.1. The fraction of sp³-hybridized carbons (Fsp3) is 0.556. The maximum atomic E-state index is 11.6. The molecular weight excluding hydrogens is 332 g/mol. The molecule has 0 amide bonds. The van der Waals surface area contributed by atoms with Crippen LogP contribution in [-0.4, -0.2) is 25.7 Å². The van der Waals surface area contributed by atoms with Gasteiger partial charge in [0.05, 0.1) is 16.4 Å². The van der Waals surface area contributed by atoms with Crippen molar-refractivity contribution in [3.05, 3.63) is 9.47 Å². The van der Waals surface area contributed by atoms with E-state index in [0.29, 0.717) is 0 Å². The highest BCUT2D eigenvalue weighted by Gasteiger charge is 2.77. The Morgan fingerprint density at radius 2 is 2.33 bits per heavy atom. The van der Waals surface area contributed by atoms with E-state index in [1.54, 1.807) is 6.08 Å². The number of hydrogen-bond donors (Lipinski definition) is 0. The van der Waals surface area contributed by atoms with Crippen molar-refractivity contribution in [1.29, 1.82) is 0 Å². The number of rotatable bonds is 2. The summed E-state index contributed by atoms with van der Waals surface area (Å²) in [6, 6.07) is 0. The van der Waals surface area contributed by atoms with E-state index in [1.165, 1.54) is 7.11 Å². The summed E-state index contributed by atoms with van der Waals surface area (Å²) in [5.74, 6) is -1.20. The lowest BCUT2D eigenvalue weighted by Gasteiger charge is -2.09. The third-order valence-electron chi connectivity index (χ3n) is 2.98. The summed E-state index contributed by atoms with van der Waals surface area (Å²) >= 11 is 6.42. The van der Waals surface area contributed by atoms with Gasteiger partial charge in [-0.05, 0) is 31.9 Å². The molecule has 0 aromatic rings. The van der Waals surface area contributed by atoms with Gasteiger partial charge in [-0.15, -0.1) is 0 Å². The molecule has 2 fully saturated rings. The molecule has 0 bridgehead atoms. The van der Waals surface area contributed by atoms with Crippen molar-refractivity contribution in [3.8, 4) is 0 Å². The van der Waals surface area contributed by atoms with E-state index in [0.717, 1.165) is 3.39 Å². The molecule has 0 spiro atoms. The molecule has 1 saturated heterocycles. The summed E-state index contributed by atoms with van der Waals surface area (Å²) < 4.78 is 10.3. The minimum absolute atomic E-state index is 0.123. The van der Waals surface area contributed by atoms with Gasteiger partial charge in [-0.25, -0.2) is 0 Å². The van der Waals surface area contributed by atoms with Crippen LogP contribution in [0.1, 0.15) is 0 Å². The van der Waals surface area contributed by atoms with Gasteiger partial charge in [-0.3, -0.25) is 9.59 Å². The minimum Gasteiger partial charge on any atom is -0.468 e. The summed E-state index contributed by atoms with van der Waals surface area (Å²) in [6.45, 7) is 0.123. The number of fused-ring (bicyclic) bond motifs is 1. The third kappa shape index (κ3) is 1.45. The normalized spacial score (nSPS) is 36.6. The molecule has 4 nitrogen and oxygen atoms in total. The standard InChI is InChI=1S/C9H8Br2O4/c1-14-8(13)9-3-15-7(12)6(9)4(9)2-5(10)11/h2,4,6H,3H2,1H3. The summed E-state index contributed by atoms with van der Waals surface area (Å²) in [7, 11) is 1.32. The van der Waals surface area contributed by atoms with E-state index in [1.807, 2.05) is 0 Å². The van der Waals surface area contributed by atoms with Crippen LogP contribution in [0.2, 0.25) is 0 Å². The van der Waals surface area contributed by atoms with E-state index < -0.39 is 5.41 Å². The summed E-state index contributed by atoms with van der Waals surface area (Å²) in [5.41, 5.74) is -0.779. The van der Waals surface area contributed by atoms with Crippen LogP contribution in [0.4, 0.5) is 0 Å². The first-order valence-corrected chi connectivity index (χ1v) is 5.90. The average Bonchev–Trinajstić information content (AvgIpc) is 2.66. The number of allylic oxidation sites excluding steroid dienone is 1. The maximum Gasteiger partial charge on any atom is 0.316 e. The second-order valence-corrected chi connectivity index (χ2v) is 6.37. The molecule has 0 aromatic carbocycles. The number of cyclic esters (lactones) is 1. The van der Waals surface area contributed by atoms with Gasteiger partial charge in [0.15, 0.2) is 0 Å². The quantitative estimate of drug-likeness (QED) is 0.717. The molecule has 0 aromatic heterocycles. The van der Waals surface area contributed by atoms with E-state index in [9.17, 15) is 9.59 Å². The summed E-state index contributed by atoms with van der Waals surface area (Å²) in [4.78, 5) is 22.9. The lowest BCUT2D eigenvalue weighted by Crippen LogP contribution is -2.23. The van der Waals surface area contributed by atoms with Gasteiger partial charge >= 0.3 is 11.9 Å². The minimum atomic E-state index is -0.779. The van der Waals surface area contributed by atoms with Crippen molar-refractivity contribution in [2.45, 2.75) is 0 Å². The predicted octanol–water partition coefficient (Wildman–Crippen LogP) is 1.58. The first-order valence-electron chi connectivity index (χ1n) is 4.32. The van der Waals surface area contributed by atoms with Crippen molar-refractivity contribution in [1.82, 2.24) is 0 Å². The lowest BCUT2D eigenvalue weighted by atomic mass is 10.1. The Morgan fingerprint density at radius 1 is 1.67 bits per heavy atom. The van der Waals surface area contributed by atoms with Gasteiger partial charge in [0.1, 0.15) is 12.0 Å².